The normalized spacial score (nSPS) is 14.9. The molecule has 4 rings (SSSR count). The van der Waals surface area contributed by atoms with Gasteiger partial charge in [0, 0.05) is 17.4 Å². The quantitative estimate of drug-likeness (QED) is 0.495. The molecule has 1 N–H and O–H groups in total. The average molecular weight is 448 g/mol. The number of ether oxygens (including phenoxy) is 1. The lowest BCUT2D eigenvalue weighted by molar-refractivity contribution is -0.114. The maximum absolute atomic E-state index is 13.0. The van der Waals surface area contributed by atoms with Gasteiger partial charge in [-0.3, -0.25) is 9.69 Å². The maximum Gasteiger partial charge on any atom is 0.326 e. The zero-order valence-electron chi connectivity index (χ0n) is 18.1. The van der Waals surface area contributed by atoms with Gasteiger partial charge >= 0.3 is 6.03 Å². The molecule has 0 spiro atoms. The van der Waals surface area contributed by atoms with E-state index in [0.717, 1.165) is 33.9 Å². The Morgan fingerprint density at radius 2 is 1.91 bits per heavy atom. The van der Waals surface area contributed by atoms with E-state index >= 15 is 0 Å². The summed E-state index contributed by atoms with van der Waals surface area (Å²) in [6.45, 7) is 4.11. The van der Waals surface area contributed by atoms with E-state index < -0.39 is 0 Å². The maximum atomic E-state index is 13.0. The number of nitrogens with one attached hydrogen (secondary N) is 1. The second-order valence-corrected chi connectivity index (χ2v) is 8.61. The summed E-state index contributed by atoms with van der Waals surface area (Å²) in [6, 6.07) is 19.0. The van der Waals surface area contributed by atoms with Gasteiger partial charge in [-0.2, -0.15) is 0 Å². The van der Waals surface area contributed by atoms with Gasteiger partial charge in [-0.25, -0.2) is 9.78 Å². The van der Waals surface area contributed by atoms with Crippen LogP contribution in [0.1, 0.15) is 20.3 Å². The summed E-state index contributed by atoms with van der Waals surface area (Å²) in [5.74, 6) is 1.22. The van der Waals surface area contributed by atoms with Gasteiger partial charge < -0.3 is 10.1 Å². The van der Waals surface area contributed by atoms with Crippen molar-refractivity contribution in [3.8, 4) is 16.9 Å². The number of nitrogens with zero attached hydrogens (tertiary/aromatic N) is 2. The Balaban J connectivity index is 1.57. The number of carbonyl (C=O) groups is 2. The SMILES string of the molecule is CCC1CN(C(=O)Nc2ccccc2)c2ccc(-c3ccc(SCC(C)=O)nc3)cc2O1. The molecule has 7 heteroatoms. The molecule has 1 aliphatic rings. The monoisotopic (exact) mass is 447 g/mol. The number of aromatic nitrogens is 1. The van der Waals surface area contributed by atoms with E-state index in [1.807, 2.05) is 67.6 Å². The van der Waals surface area contributed by atoms with Crippen molar-refractivity contribution in [1.29, 1.82) is 0 Å². The highest BCUT2D eigenvalue weighted by molar-refractivity contribution is 7.99. The van der Waals surface area contributed by atoms with Crippen LogP contribution >= 0.6 is 11.8 Å². The predicted octanol–water partition coefficient (Wildman–Crippen LogP) is 5.64. The summed E-state index contributed by atoms with van der Waals surface area (Å²) in [7, 11) is 0. The highest BCUT2D eigenvalue weighted by Crippen LogP contribution is 2.38. The number of hydrogen-bond donors (Lipinski definition) is 1. The summed E-state index contributed by atoms with van der Waals surface area (Å²) in [5.41, 5.74) is 3.40. The van der Waals surface area contributed by atoms with Crippen molar-refractivity contribution < 1.29 is 14.3 Å². The molecule has 0 radical (unpaired) electrons. The Hall–Kier alpha value is -3.32. The first-order chi connectivity index (χ1) is 15.5. The van der Waals surface area contributed by atoms with Crippen molar-refractivity contribution in [1.82, 2.24) is 4.98 Å². The van der Waals surface area contributed by atoms with Crippen LogP contribution in [0.25, 0.3) is 11.1 Å². The van der Waals surface area contributed by atoms with Crippen LogP contribution in [0.2, 0.25) is 0 Å². The first kappa shape index (κ1) is 21.9. The average Bonchev–Trinajstić information content (AvgIpc) is 2.82. The fraction of sp³-hybridized carbons (Fsp3) is 0.240. The molecule has 0 saturated carbocycles. The van der Waals surface area contributed by atoms with Gasteiger partial charge in [-0.1, -0.05) is 49.0 Å². The number of fused-ring (bicyclic) bond motifs is 1. The standard InChI is InChI=1S/C25H25N3O3S/c1-3-21-15-28(25(30)27-20-7-5-4-6-8-20)22-11-9-18(13-23(22)31-21)19-10-12-24(26-14-19)32-16-17(2)29/h4-14,21H,3,15-16H2,1-2H3,(H,27,30). The molecule has 0 fully saturated rings. The number of hydrogen-bond acceptors (Lipinski definition) is 5. The Labute approximate surface area is 192 Å². The van der Waals surface area contributed by atoms with Gasteiger partial charge in [0.25, 0.3) is 0 Å². The number of thioether (sulfide) groups is 1. The number of pyridine rings is 1. The summed E-state index contributed by atoms with van der Waals surface area (Å²) >= 11 is 1.43. The first-order valence-corrected chi connectivity index (χ1v) is 11.5. The number of benzene rings is 2. The molecule has 1 atom stereocenters. The molecule has 0 bridgehead atoms. The number of urea groups is 1. The van der Waals surface area contributed by atoms with E-state index in [0.29, 0.717) is 18.0 Å². The van der Waals surface area contributed by atoms with E-state index in [2.05, 4.69) is 10.3 Å². The van der Waals surface area contributed by atoms with Crippen molar-refractivity contribution >= 4 is 35.0 Å². The van der Waals surface area contributed by atoms with Gasteiger partial charge in [0.15, 0.2) is 0 Å². The van der Waals surface area contributed by atoms with Crippen molar-refractivity contribution in [2.45, 2.75) is 31.4 Å². The van der Waals surface area contributed by atoms with E-state index in [4.69, 9.17) is 4.74 Å². The smallest absolute Gasteiger partial charge is 0.326 e. The topological polar surface area (TPSA) is 71.5 Å². The zero-order chi connectivity index (χ0) is 22.5. The second-order valence-electron chi connectivity index (χ2n) is 7.61. The van der Waals surface area contributed by atoms with Crippen LogP contribution in [0.3, 0.4) is 0 Å². The van der Waals surface area contributed by atoms with E-state index in [-0.39, 0.29) is 17.9 Å². The fourth-order valence-electron chi connectivity index (χ4n) is 3.46. The molecule has 0 aliphatic carbocycles. The number of anilines is 2. The van der Waals surface area contributed by atoms with E-state index in [1.54, 1.807) is 18.0 Å². The molecule has 1 unspecified atom stereocenters. The molecule has 164 valence electrons. The van der Waals surface area contributed by atoms with Gasteiger partial charge in [0.2, 0.25) is 0 Å². The van der Waals surface area contributed by atoms with Crippen LogP contribution in [0.4, 0.5) is 16.2 Å². The fourth-order valence-corrected chi connectivity index (χ4v) is 4.10. The van der Waals surface area contributed by atoms with Crippen molar-refractivity contribution in [2.75, 3.05) is 22.5 Å². The zero-order valence-corrected chi connectivity index (χ0v) is 18.9. The third kappa shape index (κ3) is 5.11. The summed E-state index contributed by atoms with van der Waals surface area (Å²) in [6.07, 6.45) is 2.51. The van der Waals surface area contributed by atoms with Crippen molar-refractivity contribution in [3.63, 3.8) is 0 Å². The minimum atomic E-state index is -0.180. The third-order valence-corrected chi connectivity index (χ3v) is 6.24. The molecular formula is C25H25N3O3S. The van der Waals surface area contributed by atoms with Gasteiger partial charge in [0.1, 0.15) is 17.6 Å². The summed E-state index contributed by atoms with van der Waals surface area (Å²) < 4.78 is 6.18. The molecular weight excluding hydrogens is 422 g/mol. The second kappa shape index (κ2) is 9.87. The van der Waals surface area contributed by atoms with Crippen LogP contribution in [0.5, 0.6) is 5.75 Å². The lowest BCUT2D eigenvalue weighted by atomic mass is 10.0. The Morgan fingerprint density at radius 1 is 1.12 bits per heavy atom. The van der Waals surface area contributed by atoms with Crippen LogP contribution in [-0.4, -0.2) is 35.2 Å². The molecule has 1 aromatic heterocycles. The summed E-state index contributed by atoms with van der Waals surface area (Å²) in [4.78, 5) is 30.4. The Kier molecular flexibility index (Phi) is 6.75. The number of para-hydroxylation sites is 1. The molecule has 2 aromatic carbocycles. The van der Waals surface area contributed by atoms with Crippen molar-refractivity contribution in [3.05, 3.63) is 66.9 Å². The predicted molar refractivity (Wildman–Crippen MR) is 129 cm³/mol. The number of ketones is 1. The number of rotatable bonds is 6. The third-order valence-electron chi connectivity index (χ3n) is 5.15. The number of carbonyl (C=O) groups excluding carboxylic acids is 2. The van der Waals surface area contributed by atoms with Crippen LogP contribution in [0.15, 0.2) is 71.9 Å². The molecule has 0 saturated heterocycles. The minimum absolute atomic E-state index is 0.0808. The van der Waals surface area contributed by atoms with Crippen LogP contribution in [0, 0.1) is 0 Å². The van der Waals surface area contributed by atoms with Gasteiger partial charge in [-0.05, 0) is 49.2 Å². The van der Waals surface area contributed by atoms with Gasteiger partial charge in [0.05, 0.1) is 23.0 Å². The molecule has 32 heavy (non-hydrogen) atoms. The molecule has 2 heterocycles. The highest BCUT2D eigenvalue weighted by atomic mass is 32.2. The van der Waals surface area contributed by atoms with E-state index in [9.17, 15) is 9.59 Å². The van der Waals surface area contributed by atoms with Crippen LogP contribution < -0.4 is 15.0 Å². The highest BCUT2D eigenvalue weighted by Gasteiger charge is 2.29. The largest absolute Gasteiger partial charge is 0.486 e. The van der Waals surface area contributed by atoms with Crippen LogP contribution in [-0.2, 0) is 4.79 Å². The lowest BCUT2D eigenvalue weighted by Gasteiger charge is -2.34. The summed E-state index contributed by atoms with van der Waals surface area (Å²) in [5, 5.41) is 3.78. The number of amides is 2. The Morgan fingerprint density at radius 3 is 2.59 bits per heavy atom. The van der Waals surface area contributed by atoms with E-state index in [1.165, 1.54) is 11.8 Å². The minimum Gasteiger partial charge on any atom is -0.486 e. The number of Topliss-reactive ketones (excluding diaryl/α,β-unsaturated/α-hetero) is 1. The molecule has 2 amide bonds. The van der Waals surface area contributed by atoms with Gasteiger partial charge in [-0.15, -0.1) is 0 Å². The first-order valence-electron chi connectivity index (χ1n) is 10.6. The molecule has 1 aliphatic heterocycles. The molecule has 3 aromatic rings. The lowest BCUT2D eigenvalue weighted by Crippen LogP contribution is -2.45. The van der Waals surface area contributed by atoms with Crippen molar-refractivity contribution in [2.24, 2.45) is 0 Å². The molecule has 6 nitrogen and oxygen atoms in total. The Bertz CT molecular complexity index is 1100.